The van der Waals surface area contributed by atoms with E-state index in [4.69, 9.17) is 24.4 Å². The molecule has 20 rings (SSSR count). The van der Waals surface area contributed by atoms with Gasteiger partial charge in [0.1, 0.15) is 32.8 Å². The number of hydrogen-bond donors (Lipinski definition) is 0. The number of rotatable bonds is 4. The van der Waals surface area contributed by atoms with Crippen LogP contribution in [0.1, 0.15) is 0 Å². The third-order valence-electron chi connectivity index (χ3n) is 17.9. The first-order valence-electron chi connectivity index (χ1n) is 29.7. The average Bonchev–Trinajstić information content (AvgIpc) is 1.68. The van der Waals surface area contributed by atoms with E-state index >= 15 is 0 Å². The number of furan rings is 1. The molecule has 88 heavy (non-hydrogen) atoms. The smallest absolute Gasteiger partial charge is 0.248 e. The van der Waals surface area contributed by atoms with Crippen LogP contribution in [-0.2, 0) is 0 Å². The van der Waals surface area contributed by atoms with E-state index in [2.05, 4.69) is 270 Å². The molecule has 0 aliphatic rings. The van der Waals surface area contributed by atoms with Crippen molar-refractivity contribution >= 4 is 162 Å². The zero-order valence-corrected chi connectivity index (χ0v) is 47.9. The van der Waals surface area contributed by atoms with Crippen molar-refractivity contribution in [2.75, 3.05) is 0 Å². The Bertz CT molecular complexity index is 5960. The summed E-state index contributed by atoms with van der Waals surface area (Å²) in [5.74, 6) is 1.60. The van der Waals surface area contributed by atoms with Gasteiger partial charge in [0, 0.05) is 48.1 Å². The van der Waals surface area contributed by atoms with Crippen LogP contribution < -0.4 is 0 Å². The highest BCUT2D eigenvalue weighted by Crippen LogP contribution is 2.45. The molecule has 0 saturated carbocycles. The van der Waals surface area contributed by atoms with Crippen molar-refractivity contribution < 1.29 is 4.42 Å². The van der Waals surface area contributed by atoms with E-state index in [1.165, 1.54) is 85.5 Å². The van der Waals surface area contributed by atoms with E-state index in [-0.39, 0.29) is 0 Å². The molecular formula is C80H46N6OS. The molecule has 0 amide bonds. The molecule has 408 valence electrons. The van der Waals surface area contributed by atoms with Crippen molar-refractivity contribution in [1.29, 1.82) is 0 Å². The van der Waals surface area contributed by atoms with Crippen LogP contribution in [0.25, 0.3) is 185 Å². The number of thiophene rings is 1. The van der Waals surface area contributed by atoms with Crippen LogP contribution in [0.15, 0.2) is 283 Å². The Morgan fingerprint density at radius 2 is 0.670 bits per heavy atom. The maximum absolute atomic E-state index is 6.35. The van der Waals surface area contributed by atoms with Crippen molar-refractivity contribution in [2.24, 2.45) is 0 Å². The van der Waals surface area contributed by atoms with Gasteiger partial charge in [0.05, 0.1) is 22.1 Å². The van der Waals surface area contributed by atoms with Crippen molar-refractivity contribution in [3.05, 3.63) is 279 Å². The second-order valence-electron chi connectivity index (χ2n) is 22.8. The van der Waals surface area contributed by atoms with Crippen molar-refractivity contribution in [2.45, 2.75) is 0 Å². The number of nitrogens with zero attached hydrogens (tertiary/aromatic N) is 6. The summed E-state index contributed by atoms with van der Waals surface area (Å²) in [6, 6.07) is 99.2. The Morgan fingerprint density at radius 1 is 0.273 bits per heavy atom. The SMILES string of the molecule is c1ccc2cc3c(cc2c1)c1ccccc1n3-c1nc2oc3ccccc3c2nc1-c1cc2ccccc2c2ccccc12.c1ccc2cc3c(cc2c1)c1ccccc1n3-c1nc2sc3ccccc3c2nc1-c1cc2ccccc2c2ccccc12. The van der Waals surface area contributed by atoms with Gasteiger partial charge < -0.3 is 4.42 Å². The van der Waals surface area contributed by atoms with Crippen LogP contribution in [0, 0.1) is 0 Å². The summed E-state index contributed by atoms with van der Waals surface area (Å²) < 4.78 is 12.2. The van der Waals surface area contributed by atoms with Crippen LogP contribution in [0.4, 0.5) is 0 Å². The lowest BCUT2D eigenvalue weighted by molar-refractivity contribution is 0.652. The molecule has 6 heterocycles. The number of benzene rings is 14. The maximum atomic E-state index is 6.35. The predicted molar refractivity (Wildman–Crippen MR) is 369 cm³/mol. The fourth-order valence-corrected chi connectivity index (χ4v) is 15.0. The largest absolute Gasteiger partial charge is 0.436 e. The van der Waals surface area contributed by atoms with Gasteiger partial charge >= 0.3 is 0 Å². The van der Waals surface area contributed by atoms with Gasteiger partial charge in [-0.1, -0.05) is 212 Å². The summed E-state index contributed by atoms with van der Waals surface area (Å²) in [6.45, 7) is 0. The van der Waals surface area contributed by atoms with Crippen molar-refractivity contribution in [3.63, 3.8) is 0 Å². The summed E-state index contributed by atoms with van der Waals surface area (Å²) in [5, 5.41) is 21.3. The third kappa shape index (κ3) is 7.30. The molecule has 0 radical (unpaired) electrons. The highest BCUT2D eigenvalue weighted by atomic mass is 32.1. The molecule has 0 atom stereocenters. The molecule has 0 saturated heterocycles. The van der Waals surface area contributed by atoms with E-state index in [1.807, 2.05) is 18.2 Å². The second kappa shape index (κ2) is 19.0. The minimum absolute atomic E-state index is 0.529. The van der Waals surface area contributed by atoms with Gasteiger partial charge in [0.15, 0.2) is 11.6 Å². The lowest BCUT2D eigenvalue weighted by atomic mass is 9.95. The fourth-order valence-electron chi connectivity index (χ4n) is 14.0. The summed E-state index contributed by atoms with van der Waals surface area (Å²) in [5.41, 5.74) is 11.3. The van der Waals surface area contributed by atoms with Crippen LogP contribution in [0.3, 0.4) is 0 Å². The molecular weight excluding hydrogens is 1090 g/mol. The predicted octanol–water partition coefficient (Wildman–Crippen LogP) is 21.7. The van der Waals surface area contributed by atoms with E-state index in [0.717, 1.165) is 93.8 Å². The molecule has 0 fully saturated rings. The fraction of sp³-hybridized carbons (Fsp3) is 0. The maximum Gasteiger partial charge on any atom is 0.248 e. The van der Waals surface area contributed by atoms with E-state index in [0.29, 0.717) is 5.71 Å². The minimum Gasteiger partial charge on any atom is -0.436 e. The van der Waals surface area contributed by atoms with Crippen LogP contribution >= 0.6 is 11.3 Å². The molecule has 0 aliphatic carbocycles. The molecule has 0 spiro atoms. The van der Waals surface area contributed by atoms with Gasteiger partial charge in [-0.05, 0) is 131 Å². The van der Waals surface area contributed by atoms with Gasteiger partial charge in [0.2, 0.25) is 5.71 Å². The summed E-state index contributed by atoms with van der Waals surface area (Å²) in [7, 11) is 0. The Morgan fingerprint density at radius 3 is 1.22 bits per heavy atom. The molecule has 6 aromatic heterocycles. The van der Waals surface area contributed by atoms with Gasteiger partial charge in [-0.2, -0.15) is 4.98 Å². The zero-order valence-electron chi connectivity index (χ0n) is 47.1. The molecule has 0 N–H and O–H groups in total. The molecule has 0 aliphatic heterocycles. The lowest BCUT2D eigenvalue weighted by Gasteiger charge is -2.16. The second-order valence-corrected chi connectivity index (χ2v) is 23.8. The van der Waals surface area contributed by atoms with Gasteiger partial charge in [-0.25, -0.2) is 15.0 Å². The van der Waals surface area contributed by atoms with Gasteiger partial charge in [-0.3, -0.25) is 9.13 Å². The Kier molecular flexibility index (Phi) is 10.5. The third-order valence-corrected chi connectivity index (χ3v) is 19.0. The Balaban J connectivity index is 0.000000128. The highest BCUT2D eigenvalue weighted by Gasteiger charge is 2.26. The minimum atomic E-state index is 0.529. The van der Waals surface area contributed by atoms with Crippen LogP contribution in [-0.4, -0.2) is 29.1 Å². The standard InChI is InChI=1S/C40H23N3O.C40H23N3S/c2*1-2-12-25-23-35-32(21-24(25)11-1)30-17-7-9-19-34(30)43(35)39-37(41-38-31-18-8-10-20-36(31)44-40(38)42-39)33-22-26-13-3-4-14-27(26)28-15-5-6-16-29(28)33/h2*1-23H. The normalized spacial score (nSPS) is 12.1. The molecule has 8 heteroatoms. The quantitative estimate of drug-likeness (QED) is 0.164. The summed E-state index contributed by atoms with van der Waals surface area (Å²) >= 11 is 1.71. The first kappa shape index (κ1) is 48.8. The van der Waals surface area contributed by atoms with E-state index in [9.17, 15) is 0 Å². The van der Waals surface area contributed by atoms with Crippen LogP contribution in [0.5, 0.6) is 0 Å². The highest BCUT2D eigenvalue weighted by molar-refractivity contribution is 7.25. The van der Waals surface area contributed by atoms with Gasteiger partial charge in [-0.15, -0.1) is 11.3 Å². The van der Waals surface area contributed by atoms with Crippen molar-refractivity contribution in [3.8, 4) is 34.2 Å². The Hall–Kier alpha value is -11.6. The molecule has 0 unspecified atom stereocenters. The number of aromatic nitrogens is 6. The lowest BCUT2D eigenvalue weighted by Crippen LogP contribution is -2.03. The first-order valence-corrected chi connectivity index (χ1v) is 30.5. The summed E-state index contributed by atoms with van der Waals surface area (Å²) in [6.07, 6.45) is 0. The number of fused-ring (bicyclic) bond motifs is 20. The molecule has 14 aromatic carbocycles. The first-order chi connectivity index (χ1) is 43.6. The monoisotopic (exact) mass is 1140 g/mol. The van der Waals surface area contributed by atoms with E-state index < -0.39 is 0 Å². The van der Waals surface area contributed by atoms with Gasteiger partial charge in [0.25, 0.3) is 0 Å². The number of hydrogen-bond acceptors (Lipinski definition) is 6. The average molecular weight is 1140 g/mol. The molecule has 20 aromatic rings. The van der Waals surface area contributed by atoms with Crippen LogP contribution in [0.2, 0.25) is 0 Å². The molecule has 0 bridgehead atoms. The summed E-state index contributed by atoms with van der Waals surface area (Å²) in [4.78, 5) is 22.8. The zero-order chi connectivity index (χ0) is 57.6. The number of para-hydroxylation sites is 3. The van der Waals surface area contributed by atoms with E-state index in [1.54, 1.807) is 11.3 Å². The topological polar surface area (TPSA) is 74.6 Å². The Labute approximate surface area is 505 Å². The van der Waals surface area contributed by atoms with Crippen molar-refractivity contribution in [1.82, 2.24) is 29.1 Å². The molecule has 7 nitrogen and oxygen atoms in total.